The highest BCUT2D eigenvalue weighted by Crippen LogP contribution is 2.29. The van der Waals surface area contributed by atoms with Gasteiger partial charge in [-0.3, -0.25) is 9.78 Å². The molecule has 2 aromatic heterocycles. The molecule has 0 bridgehead atoms. The lowest BCUT2D eigenvalue weighted by Crippen LogP contribution is -2.30. The topological polar surface area (TPSA) is 79.9 Å². The maximum atomic E-state index is 13.7. The number of hydrogen-bond acceptors (Lipinski definition) is 4. The molecule has 1 aliphatic rings. The number of imidazole rings is 1. The number of pyridine rings is 1. The van der Waals surface area contributed by atoms with E-state index in [9.17, 15) is 9.18 Å². The molecule has 1 amide bonds. The third-order valence-electron chi connectivity index (χ3n) is 4.50. The van der Waals surface area contributed by atoms with E-state index >= 15 is 0 Å². The van der Waals surface area contributed by atoms with Gasteiger partial charge in [0.1, 0.15) is 11.6 Å². The summed E-state index contributed by atoms with van der Waals surface area (Å²) in [5, 5.41) is 2.89. The van der Waals surface area contributed by atoms with E-state index in [1.54, 1.807) is 18.3 Å². The van der Waals surface area contributed by atoms with Crippen molar-refractivity contribution in [1.82, 2.24) is 20.3 Å². The van der Waals surface area contributed by atoms with Gasteiger partial charge in [-0.15, -0.1) is 0 Å². The van der Waals surface area contributed by atoms with Crippen LogP contribution in [-0.2, 0) is 16.1 Å². The summed E-state index contributed by atoms with van der Waals surface area (Å²) in [6, 6.07) is 11.8. The Balaban J connectivity index is 1.62. The first kappa shape index (κ1) is 17.4. The van der Waals surface area contributed by atoms with E-state index in [0.717, 1.165) is 6.42 Å². The molecule has 0 aliphatic carbocycles. The number of aromatic amines is 1. The first-order chi connectivity index (χ1) is 13.2. The number of rotatable bonds is 5. The van der Waals surface area contributed by atoms with Crippen LogP contribution in [0, 0.1) is 11.7 Å². The van der Waals surface area contributed by atoms with Crippen molar-refractivity contribution in [2.75, 3.05) is 13.2 Å². The number of carbonyl (C=O) groups excluding carboxylic acids is 1. The molecule has 1 atom stereocenters. The van der Waals surface area contributed by atoms with Crippen LogP contribution < -0.4 is 5.32 Å². The summed E-state index contributed by atoms with van der Waals surface area (Å²) in [6.45, 7) is 1.33. The van der Waals surface area contributed by atoms with Crippen LogP contribution in [0.2, 0.25) is 0 Å². The molecule has 4 rings (SSSR count). The van der Waals surface area contributed by atoms with E-state index in [1.165, 1.54) is 12.1 Å². The number of hydrogen-bond donors (Lipinski definition) is 2. The summed E-state index contributed by atoms with van der Waals surface area (Å²) in [4.78, 5) is 24.4. The molecule has 1 aliphatic heterocycles. The predicted octanol–water partition coefficient (Wildman–Crippen LogP) is 2.93. The van der Waals surface area contributed by atoms with Crippen molar-refractivity contribution >= 4 is 5.91 Å². The monoisotopic (exact) mass is 366 g/mol. The summed E-state index contributed by atoms with van der Waals surface area (Å²) in [6.07, 6.45) is 2.42. The fraction of sp³-hybridized carbons (Fsp3) is 0.250. The quantitative estimate of drug-likeness (QED) is 0.728. The smallest absolute Gasteiger partial charge is 0.225 e. The van der Waals surface area contributed by atoms with Crippen molar-refractivity contribution in [3.63, 3.8) is 0 Å². The summed E-state index contributed by atoms with van der Waals surface area (Å²) in [7, 11) is 0. The average molecular weight is 366 g/mol. The van der Waals surface area contributed by atoms with E-state index in [-0.39, 0.29) is 24.2 Å². The second-order valence-electron chi connectivity index (χ2n) is 6.41. The molecule has 1 fully saturated rings. The fourth-order valence-electron chi connectivity index (χ4n) is 3.10. The van der Waals surface area contributed by atoms with E-state index in [4.69, 9.17) is 4.74 Å². The van der Waals surface area contributed by atoms with Crippen LogP contribution in [0.3, 0.4) is 0 Å². The number of nitrogens with zero attached hydrogens (tertiary/aromatic N) is 2. The van der Waals surface area contributed by atoms with Gasteiger partial charge in [0.2, 0.25) is 5.91 Å². The number of aromatic nitrogens is 3. The highest BCUT2D eigenvalue weighted by atomic mass is 19.1. The molecule has 6 nitrogen and oxygen atoms in total. The van der Waals surface area contributed by atoms with Gasteiger partial charge in [-0.2, -0.15) is 0 Å². The Morgan fingerprint density at radius 1 is 1.30 bits per heavy atom. The second kappa shape index (κ2) is 7.67. The molecule has 0 spiro atoms. The molecule has 1 unspecified atom stereocenters. The van der Waals surface area contributed by atoms with E-state index in [1.807, 2.05) is 18.2 Å². The predicted molar refractivity (Wildman–Crippen MR) is 98.0 cm³/mol. The molecule has 0 radical (unpaired) electrons. The second-order valence-corrected chi connectivity index (χ2v) is 6.41. The van der Waals surface area contributed by atoms with Crippen molar-refractivity contribution in [2.45, 2.75) is 13.0 Å². The first-order valence-corrected chi connectivity index (χ1v) is 8.82. The molecule has 2 N–H and O–H groups in total. The SMILES string of the molecule is O=C(NCc1nc(-c2cccc(F)c2)c(-c2ccccn2)[nH]1)C1CCOC1. The Morgan fingerprint density at radius 2 is 2.22 bits per heavy atom. The maximum Gasteiger partial charge on any atom is 0.225 e. The summed E-state index contributed by atoms with van der Waals surface area (Å²) >= 11 is 0. The lowest BCUT2D eigenvalue weighted by molar-refractivity contribution is -0.125. The van der Waals surface area contributed by atoms with Gasteiger partial charge in [0.15, 0.2) is 0 Å². The van der Waals surface area contributed by atoms with Crippen molar-refractivity contribution in [3.05, 3.63) is 60.3 Å². The number of H-pyrrole nitrogens is 1. The number of halogens is 1. The molecular formula is C20H19FN4O2. The number of amides is 1. The van der Waals surface area contributed by atoms with Crippen LogP contribution in [0.5, 0.6) is 0 Å². The van der Waals surface area contributed by atoms with E-state index in [2.05, 4.69) is 20.3 Å². The van der Waals surface area contributed by atoms with Crippen molar-refractivity contribution in [2.24, 2.45) is 5.92 Å². The van der Waals surface area contributed by atoms with E-state index in [0.29, 0.717) is 41.7 Å². The Bertz CT molecular complexity index is 936. The van der Waals surface area contributed by atoms with Gasteiger partial charge in [0.05, 0.1) is 36.2 Å². The molecule has 0 saturated carbocycles. The zero-order chi connectivity index (χ0) is 18.6. The maximum absolute atomic E-state index is 13.7. The highest BCUT2D eigenvalue weighted by Gasteiger charge is 2.23. The molecule has 7 heteroatoms. The minimum Gasteiger partial charge on any atom is -0.381 e. The summed E-state index contributed by atoms with van der Waals surface area (Å²) in [5.74, 6) is 0.0919. The first-order valence-electron chi connectivity index (χ1n) is 8.82. The Labute approximate surface area is 155 Å². The van der Waals surface area contributed by atoms with Gasteiger partial charge in [-0.05, 0) is 30.7 Å². The normalized spacial score (nSPS) is 16.4. The zero-order valence-corrected chi connectivity index (χ0v) is 14.6. The molecule has 3 heterocycles. The van der Waals surface area contributed by atoms with Gasteiger partial charge in [-0.1, -0.05) is 18.2 Å². The fourth-order valence-corrected chi connectivity index (χ4v) is 3.10. The minimum absolute atomic E-state index is 0.0457. The number of carbonyl (C=O) groups is 1. The van der Waals surface area contributed by atoms with Crippen LogP contribution >= 0.6 is 0 Å². The van der Waals surface area contributed by atoms with Crippen molar-refractivity contribution in [3.8, 4) is 22.6 Å². The lowest BCUT2D eigenvalue weighted by Gasteiger charge is -2.07. The third kappa shape index (κ3) is 3.88. The summed E-state index contributed by atoms with van der Waals surface area (Å²) in [5.41, 5.74) is 2.64. The van der Waals surface area contributed by atoms with Gasteiger partial charge in [0, 0.05) is 18.4 Å². The van der Waals surface area contributed by atoms with Gasteiger partial charge in [0.25, 0.3) is 0 Å². The number of nitrogens with one attached hydrogen (secondary N) is 2. The molecular weight excluding hydrogens is 347 g/mol. The Kier molecular flexibility index (Phi) is 4.93. The molecule has 1 saturated heterocycles. The van der Waals surface area contributed by atoms with Gasteiger partial charge < -0.3 is 15.0 Å². The lowest BCUT2D eigenvalue weighted by atomic mass is 10.1. The number of benzene rings is 1. The molecule has 138 valence electrons. The largest absolute Gasteiger partial charge is 0.381 e. The van der Waals surface area contributed by atoms with Crippen LogP contribution in [0.25, 0.3) is 22.6 Å². The zero-order valence-electron chi connectivity index (χ0n) is 14.6. The average Bonchev–Trinajstić information content (AvgIpc) is 3.37. The van der Waals surface area contributed by atoms with Gasteiger partial charge in [-0.25, -0.2) is 9.37 Å². The molecule has 27 heavy (non-hydrogen) atoms. The van der Waals surface area contributed by atoms with Crippen LogP contribution in [-0.4, -0.2) is 34.1 Å². The van der Waals surface area contributed by atoms with Crippen LogP contribution in [0.15, 0.2) is 48.7 Å². The molecule has 1 aromatic carbocycles. The third-order valence-corrected chi connectivity index (χ3v) is 4.50. The number of ether oxygens (including phenoxy) is 1. The van der Waals surface area contributed by atoms with E-state index < -0.39 is 0 Å². The summed E-state index contributed by atoms with van der Waals surface area (Å²) < 4.78 is 19.0. The Morgan fingerprint density at radius 3 is 2.96 bits per heavy atom. The van der Waals surface area contributed by atoms with Crippen molar-refractivity contribution < 1.29 is 13.9 Å². The van der Waals surface area contributed by atoms with Crippen LogP contribution in [0.1, 0.15) is 12.2 Å². The standard InChI is InChI=1S/C20H19FN4O2/c21-15-5-3-4-13(10-15)18-19(16-6-1-2-8-22-16)25-17(24-18)11-23-20(26)14-7-9-27-12-14/h1-6,8,10,14H,7,9,11-12H2,(H,23,26)(H,24,25). The Hall–Kier alpha value is -3.06. The highest BCUT2D eigenvalue weighted by molar-refractivity contribution is 5.79. The van der Waals surface area contributed by atoms with Crippen LogP contribution in [0.4, 0.5) is 4.39 Å². The van der Waals surface area contributed by atoms with Crippen molar-refractivity contribution in [1.29, 1.82) is 0 Å². The minimum atomic E-state index is -0.335. The molecule has 3 aromatic rings. The van der Waals surface area contributed by atoms with Gasteiger partial charge >= 0.3 is 0 Å².